The maximum atomic E-state index is 12.2. The van der Waals surface area contributed by atoms with Gasteiger partial charge in [0.15, 0.2) is 4.77 Å². The molecule has 0 amide bonds. The number of hydrogen-bond donors (Lipinski definition) is 2. The lowest BCUT2D eigenvalue weighted by molar-refractivity contribution is 0.831. The third kappa shape index (κ3) is 3.91. The second-order valence-corrected chi connectivity index (χ2v) is 6.10. The van der Waals surface area contributed by atoms with Gasteiger partial charge in [-0.15, -0.1) is 0 Å². The molecule has 0 aliphatic heterocycles. The van der Waals surface area contributed by atoms with Crippen molar-refractivity contribution in [2.75, 3.05) is 0 Å². The van der Waals surface area contributed by atoms with E-state index in [1.807, 2.05) is 0 Å². The zero-order valence-electron chi connectivity index (χ0n) is 12.8. The van der Waals surface area contributed by atoms with Crippen LogP contribution in [-0.4, -0.2) is 9.97 Å². The molecule has 2 N–H and O–H groups in total. The topological polar surface area (TPSA) is 48.6 Å². The van der Waals surface area contributed by atoms with E-state index in [1.54, 1.807) is 0 Å². The van der Waals surface area contributed by atoms with Crippen molar-refractivity contribution in [3.05, 3.63) is 61.8 Å². The van der Waals surface area contributed by atoms with Crippen molar-refractivity contribution >= 4 is 12.2 Å². The Morgan fingerprint density at radius 3 is 2.38 bits per heavy atom. The van der Waals surface area contributed by atoms with E-state index in [9.17, 15) is 4.79 Å². The van der Waals surface area contributed by atoms with Gasteiger partial charge in [0.25, 0.3) is 5.56 Å². The number of aryl methyl sites for hydroxylation is 1. The second-order valence-electron chi connectivity index (χ2n) is 5.69. The Kier molecular flexibility index (Phi) is 5.12. The molecule has 0 atom stereocenters. The molecular formula is C17H22N2OS. The first-order chi connectivity index (χ1) is 10.0. The molecule has 112 valence electrons. The molecule has 0 aliphatic carbocycles. The Labute approximate surface area is 130 Å². The summed E-state index contributed by atoms with van der Waals surface area (Å²) in [6.45, 7) is 6.45. The van der Waals surface area contributed by atoms with Gasteiger partial charge in [0, 0.05) is 17.7 Å². The molecule has 2 rings (SSSR count). The summed E-state index contributed by atoms with van der Waals surface area (Å²) in [6, 6.07) is 8.48. The van der Waals surface area contributed by atoms with Crippen LogP contribution >= 0.6 is 12.2 Å². The predicted molar refractivity (Wildman–Crippen MR) is 89.6 cm³/mol. The fourth-order valence-corrected chi connectivity index (χ4v) is 2.65. The Morgan fingerprint density at radius 1 is 1.14 bits per heavy atom. The standard InChI is InChI=1S/C17H22N2OS/c1-4-5-15-14(16(20)19-17(21)18-15)10-12-6-8-13(9-7-12)11(2)3/h6-9,11H,4-5,10H2,1-3H3,(H2,18,19,20,21). The van der Waals surface area contributed by atoms with Gasteiger partial charge in [-0.25, -0.2) is 0 Å². The van der Waals surface area contributed by atoms with Crippen molar-refractivity contribution in [3.63, 3.8) is 0 Å². The largest absolute Gasteiger partial charge is 0.336 e. The van der Waals surface area contributed by atoms with E-state index in [0.717, 1.165) is 29.7 Å². The van der Waals surface area contributed by atoms with E-state index in [-0.39, 0.29) is 5.56 Å². The Bertz CT molecular complexity index is 711. The summed E-state index contributed by atoms with van der Waals surface area (Å²) in [5, 5.41) is 0. The summed E-state index contributed by atoms with van der Waals surface area (Å²) in [4.78, 5) is 18.0. The molecule has 1 aromatic carbocycles. The molecule has 0 bridgehead atoms. The zero-order valence-corrected chi connectivity index (χ0v) is 13.6. The van der Waals surface area contributed by atoms with Gasteiger partial charge in [-0.05, 0) is 35.7 Å². The highest BCUT2D eigenvalue weighted by atomic mass is 32.1. The van der Waals surface area contributed by atoms with Crippen LogP contribution in [0.2, 0.25) is 0 Å². The van der Waals surface area contributed by atoms with Crippen molar-refractivity contribution in [1.82, 2.24) is 9.97 Å². The van der Waals surface area contributed by atoms with Gasteiger partial charge in [0.1, 0.15) is 0 Å². The molecule has 1 heterocycles. The molecule has 3 nitrogen and oxygen atoms in total. The highest BCUT2D eigenvalue weighted by Crippen LogP contribution is 2.17. The van der Waals surface area contributed by atoms with E-state index in [0.29, 0.717) is 17.1 Å². The lowest BCUT2D eigenvalue weighted by atomic mass is 9.98. The minimum atomic E-state index is -0.0739. The number of aromatic amines is 2. The number of rotatable bonds is 5. The normalized spacial score (nSPS) is 11.0. The molecule has 2 aromatic rings. The van der Waals surface area contributed by atoms with Crippen molar-refractivity contribution in [2.24, 2.45) is 0 Å². The molecule has 0 radical (unpaired) electrons. The van der Waals surface area contributed by atoms with Crippen LogP contribution in [0.5, 0.6) is 0 Å². The SMILES string of the molecule is CCCc1[nH]c(=S)[nH]c(=O)c1Cc1ccc(C(C)C)cc1. The van der Waals surface area contributed by atoms with Gasteiger partial charge >= 0.3 is 0 Å². The summed E-state index contributed by atoms with van der Waals surface area (Å²) in [7, 11) is 0. The molecule has 21 heavy (non-hydrogen) atoms. The van der Waals surface area contributed by atoms with Crippen molar-refractivity contribution in [3.8, 4) is 0 Å². The maximum absolute atomic E-state index is 12.2. The highest BCUT2D eigenvalue weighted by Gasteiger charge is 2.09. The lowest BCUT2D eigenvalue weighted by Gasteiger charge is -2.10. The minimum absolute atomic E-state index is 0.0739. The van der Waals surface area contributed by atoms with Crippen LogP contribution in [0.1, 0.15) is 55.5 Å². The van der Waals surface area contributed by atoms with E-state index < -0.39 is 0 Å². The number of nitrogens with one attached hydrogen (secondary N) is 2. The van der Waals surface area contributed by atoms with Crippen LogP contribution in [0.25, 0.3) is 0 Å². The Hall–Kier alpha value is -1.68. The zero-order chi connectivity index (χ0) is 15.4. The number of benzene rings is 1. The monoisotopic (exact) mass is 302 g/mol. The number of aromatic nitrogens is 2. The Balaban J connectivity index is 2.34. The second kappa shape index (κ2) is 6.85. The molecule has 1 aromatic heterocycles. The van der Waals surface area contributed by atoms with Gasteiger partial charge in [0.05, 0.1) is 0 Å². The smallest absolute Gasteiger partial charge is 0.255 e. The van der Waals surface area contributed by atoms with Gasteiger partial charge in [-0.1, -0.05) is 51.5 Å². The summed E-state index contributed by atoms with van der Waals surface area (Å²) >= 11 is 5.06. The van der Waals surface area contributed by atoms with E-state index in [2.05, 4.69) is 55.0 Å². The number of H-pyrrole nitrogens is 2. The average Bonchev–Trinajstić information content (AvgIpc) is 2.43. The third-order valence-corrected chi connectivity index (χ3v) is 3.86. The molecule has 0 aliphatic rings. The van der Waals surface area contributed by atoms with Crippen LogP contribution in [0, 0.1) is 4.77 Å². The first-order valence-electron chi connectivity index (χ1n) is 7.44. The molecule has 0 unspecified atom stereocenters. The van der Waals surface area contributed by atoms with Gasteiger partial charge < -0.3 is 4.98 Å². The molecule has 4 heteroatoms. The van der Waals surface area contributed by atoms with E-state index >= 15 is 0 Å². The highest BCUT2D eigenvalue weighted by molar-refractivity contribution is 7.71. The quantitative estimate of drug-likeness (QED) is 0.817. The maximum Gasteiger partial charge on any atom is 0.255 e. The number of hydrogen-bond acceptors (Lipinski definition) is 2. The first-order valence-corrected chi connectivity index (χ1v) is 7.85. The molecule has 0 fully saturated rings. The summed E-state index contributed by atoms with van der Waals surface area (Å²) in [6.07, 6.45) is 2.45. The van der Waals surface area contributed by atoms with Crippen molar-refractivity contribution in [2.45, 2.75) is 46.0 Å². The van der Waals surface area contributed by atoms with Crippen LogP contribution in [0.15, 0.2) is 29.1 Å². The first kappa shape index (κ1) is 15.7. The van der Waals surface area contributed by atoms with E-state index in [1.165, 1.54) is 5.56 Å². The van der Waals surface area contributed by atoms with Gasteiger partial charge in [-0.2, -0.15) is 0 Å². The predicted octanol–water partition coefficient (Wildman–Crippen LogP) is 4.10. The van der Waals surface area contributed by atoms with Crippen molar-refractivity contribution < 1.29 is 0 Å². The Morgan fingerprint density at radius 2 is 1.81 bits per heavy atom. The fraction of sp³-hybridized carbons (Fsp3) is 0.412. The fourth-order valence-electron chi connectivity index (χ4n) is 2.43. The van der Waals surface area contributed by atoms with Crippen LogP contribution in [-0.2, 0) is 12.8 Å². The molecule has 0 spiro atoms. The van der Waals surface area contributed by atoms with Gasteiger partial charge in [0.2, 0.25) is 0 Å². The molecule has 0 saturated carbocycles. The van der Waals surface area contributed by atoms with Gasteiger partial charge in [-0.3, -0.25) is 9.78 Å². The molecular weight excluding hydrogens is 280 g/mol. The van der Waals surface area contributed by atoms with Crippen LogP contribution in [0.4, 0.5) is 0 Å². The summed E-state index contributed by atoms with van der Waals surface area (Å²) < 4.78 is 0.405. The third-order valence-electron chi connectivity index (χ3n) is 3.66. The van der Waals surface area contributed by atoms with E-state index in [4.69, 9.17) is 12.2 Å². The molecule has 0 saturated heterocycles. The minimum Gasteiger partial charge on any atom is -0.336 e. The van der Waals surface area contributed by atoms with Crippen molar-refractivity contribution in [1.29, 1.82) is 0 Å². The average molecular weight is 302 g/mol. The van der Waals surface area contributed by atoms with Crippen LogP contribution < -0.4 is 5.56 Å². The lowest BCUT2D eigenvalue weighted by Crippen LogP contribution is -2.18. The summed E-state index contributed by atoms with van der Waals surface area (Å²) in [5.41, 5.74) is 4.14. The van der Waals surface area contributed by atoms with Crippen LogP contribution in [0.3, 0.4) is 0 Å². The summed E-state index contributed by atoms with van der Waals surface area (Å²) in [5.74, 6) is 0.519.